The molecule has 0 spiro atoms. The lowest BCUT2D eigenvalue weighted by atomic mass is 10.2. The van der Waals surface area contributed by atoms with E-state index < -0.39 is 28.9 Å². The van der Waals surface area contributed by atoms with Crippen LogP contribution in [-0.4, -0.2) is 20.5 Å². The first-order valence-corrected chi connectivity index (χ1v) is 5.80. The van der Waals surface area contributed by atoms with Crippen molar-refractivity contribution in [1.82, 2.24) is 14.6 Å². The van der Waals surface area contributed by atoms with Crippen LogP contribution in [0.25, 0.3) is 5.65 Å². The van der Waals surface area contributed by atoms with Gasteiger partial charge in [-0.3, -0.25) is 9.20 Å². The maximum atomic E-state index is 13.5. The van der Waals surface area contributed by atoms with Crippen LogP contribution in [0.4, 0.5) is 18.9 Å². The van der Waals surface area contributed by atoms with Crippen molar-refractivity contribution in [3.63, 3.8) is 0 Å². The van der Waals surface area contributed by atoms with Crippen LogP contribution in [0, 0.1) is 17.5 Å². The number of pyridine rings is 1. The molecule has 0 atom stereocenters. The third-order valence-corrected chi connectivity index (χ3v) is 2.83. The second kappa shape index (κ2) is 4.89. The predicted molar refractivity (Wildman–Crippen MR) is 67.3 cm³/mol. The molecule has 1 N–H and O–H groups in total. The van der Waals surface area contributed by atoms with Crippen LogP contribution in [0.5, 0.6) is 0 Å². The monoisotopic (exact) mass is 292 g/mol. The molecule has 3 aromatic rings. The highest BCUT2D eigenvalue weighted by Gasteiger charge is 2.18. The molecular weight excluding hydrogens is 285 g/mol. The summed E-state index contributed by atoms with van der Waals surface area (Å²) in [6, 6.07) is 4.68. The van der Waals surface area contributed by atoms with Crippen molar-refractivity contribution in [2.24, 2.45) is 0 Å². The molecule has 0 bridgehead atoms. The summed E-state index contributed by atoms with van der Waals surface area (Å²) in [5.41, 5.74) is 0.307. The zero-order valence-electron chi connectivity index (χ0n) is 10.3. The second-order valence-corrected chi connectivity index (χ2v) is 4.19. The van der Waals surface area contributed by atoms with Gasteiger partial charge in [0, 0.05) is 6.20 Å². The Balaban J connectivity index is 1.90. The normalized spacial score (nSPS) is 10.8. The highest BCUT2D eigenvalue weighted by atomic mass is 19.2. The fraction of sp³-hybridized carbons (Fsp3) is 0. The molecule has 3 rings (SSSR count). The van der Waals surface area contributed by atoms with Crippen molar-refractivity contribution in [3.05, 3.63) is 59.8 Å². The van der Waals surface area contributed by atoms with E-state index in [4.69, 9.17) is 0 Å². The number of nitrogens with one attached hydrogen (secondary N) is 1. The maximum Gasteiger partial charge on any atom is 0.258 e. The van der Waals surface area contributed by atoms with E-state index in [0.29, 0.717) is 17.4 Å². The first kappa shape index (κ1) is 13.1. The minimum atomic E-state index is -1.68. The van der Waals surface area contributed by atoms with Crippen molar-refractivity contribution in [2.45, 2.75) is 0 Å². The summed E-state index contributed by atoms with van der Waals surface area (Å²) in [6.07, 6.45) is 2.92. The van der Waals surface area contributed by atoms with Crippen LogP contribution in [0.15, 0.2) is 36.8 Å². The summed E-state index contributed by atoms with van der Waals surface area (Å²) in [5.74, 6) is -5.46. The molecule has 0 unspecified atom stereocenters. The molecule has 1 aromatic carbocycles. The van der Waals surface area contributed by atoms with Crippen LogP contribution in [0.3, 0.4) is 0 Å². The van der Waals surface area contributed by atoms with E-state index in [1.54, 1.807) is 6.07 Å². The Kier molecular flexibility index (Phi) is 3.05. The number of amides is 1. The Morgan fingerprint density at radius 1 is 1.10 bits per heavy atom. The number of nitrogens with zero attached hydrogens (tertiary/aromatic N) is 3. The van der Waals surface area contributed by atoms with E-state index in [1.165, 1.54) is 23.0 Å². The molecule has 2 heterocycles. The smallest absolute Gasteiger partial charge is 0.258 e. The molecule has 1 amide bonds. The van der Waals surface area contributed by atoms with Gasteiger partial charge in [0.25, 0.3) is 5.91 Å². The number of hydrogen-bond donors (Lipinski definition) is 1. The summed E-state index contributed by atoms with van der Waals surface area (Å²) in [7, 11) is 0. The molecule has 0 aliphatic heterocycles. The zero-order valence-corrected chi connectivity index (χ0v) is 10.3. The van der Waals surface area contributed by atoms with Gasteiger partial charge in [0.15, 0.2) is 23.1 Å². The summed E-state index contributed by atoms with van der Waals surface area (Å²) in [5, 5.41) is 9.83. The molecule has 0 aliphatic carbocycles. The van der Waals surface area contributed by atoms with Crippen molar-refractivity contribution in [3.8, 4) is 0 Å². The van der Waals surface area contributed by atoms with Crippen LogP contribution < -0.4 is 5.32 Å². The number of rotatable bonds is 2. The fourth-order valence-corrected chi connectivity index (χ4v) is 1.80. The Morgan fingerprint density at radius 3 is 2.71 bits per heavy atom. The first-order chi connectivity index (χ1) is 10.1. The number of carbonyl (C=O) groups is 1. The molecule has 106 valence electrons. The molecule has 0 fully saturated rings. The lowest BCUT2D eigenvalue weighted by Crippen LogP contribution is -2.15. The molecular formula is C13H7F3N4O. The minimum absolute atomic E-state index is 0.330. The van der Waals surface area contributed by atoms with Gasteiger partial charge >= 0.3 is 0 Å². The van der Waals surface area contributed by atoms with Crippen molar-refractivity contribution in [1.29, 1.82) is 0 Å². The van der Waals surface area contributed by atoms with E-state index in [0.717, 1.165) is 6.07 Å². The molecule has 0 aliphatic rings. The molecule has 0 radical (unpaired) electrons. The molecule has 2 aromatic heterocycles. The number of fused-ring (bicyclic) bond motifs is 1. The maximum absolute atomic E-state index is 13.5. The van der Waals surface area contributed by atoms with Crippen molar-refractivity contribution >= 4 is 17.2 Å². The van der Waals surface area contributed by atoms with Gasteiger partial charge in [0.05, 0.1) is 11.3 Å². The first-order valence-electron chi connectivity index (χ1n) is 5.80. The Morgan fingerprint density at radius 2 is 1.90 bits per heavy atom. The Hall–Kier alpha value is -2.90. The van der Waals surface area contributed by atoms with Crippen molar-refractivity contribution in [2.75, 3.05) is 5.32 Å². The Bertz CT molecular complexity index is 847. The number of aromatic nitrogens is 3. The van der Waals surface area contributed by atoms with E-state index in [-0.39, 0.29) is 0 Å². The fourth-order valence-electron chi connectivity index (χ4n) is 1.80. The largest absolute Gasteiger partial charge is 0.321 e. The van der Waals surface area contributed by atoms with Crippen LogP contribution in [-0.2, 0) is 0 Å². The van der Waals surface area contributed by atoms with E-state index in [1.807, 2.05) is 0 Å². The molecule has 5 nitrogen and oxygen atoms in total. The summed E-state index contributed by atoms with van der Waals surface area (Å²) < 4.78 is 41.0. The molecule has 0 saturated heterocycles. The SMILES string of the molecule is O=C(Nc1ccc2nncn2c1)c1ccc(F)c(F)c1F. The van der Waals surface area contributed by atoms with Gasteiger partial charge < -0.3 is 5.32 Å². The van der Waals surface area contributed by atoms with Gasteiger partial charge in [-0.05, 0) is 24.3 Å². The average Bonchev–Trinajstić information content (AvgIpc) is 2.92. The lowest BCUT2D eigenvalue weighted by Gasteiger charge is -2.07. The predicted octanol–water partition coefficient (Wildman–Crippen LogP) is 2.40. The number of benzene rings is 1. The van der Waals surface area contributed by atoms with Gasteiger partial charge in [-0.2, -0.15) is 0 Å². The van der Waals surface area contributed by atoms with E-state index in [9.17, 15) is 18.0 Å². The summed E-state index contributed by atoms with van der Waals surface area (Å²) in [4.78, 5) is 11.9. The number of halogens is 3. The summed E-state index contributed by atoms with van der Waals surface area (Å²) >= 11 is 0. The highest BCUT2D eigenvalue weighted by molar-refractivity contribution is 6.04. The minimum Gasteiger partial charge on any atom is -0.321 e. The molecule has 21 heavy (non-hydrogen) atoms. The Labute approximate surface area is 116 Å². The number of anilines is 1. The number of carbonyl (C=O) groups excluding carboxylic acids is 1. The number of hydrogen-bond acceptors (Lipinski definition) is 3. The quantitative estimate of drug-likeness (QED) is 0.738. The van der Waals surface area contributed by atoms with E-state index >= 15 is 0 Å². The molecule has 8 heteroatoms. The third kappa shape index (κ3) is 2.31. The standard InChI is InChI=1S/C13H7F3N4O/c14-9-3-2-8(11(15)12(9)16)13(21)18-7-1-4-10-19-17-6-20(10)5-7/h1-6H,(H,18,21). The van der Waals surface area contributed by atoms with Gasteiger partial charge in [-0.25, -0.2) is 13.2 Å². The topological polar surface area (TPSA) is 59.3 Å². The highest BCUT2D eigenvalue weighted by Crippen LogP contribution is 2.17. The average molecular weight is 292 g/mol. The summed E-state index contributed by atoms with van der Waals surface area (Å²) in [6.45, 7) is 0. The van der Waals surface area contributed by atoms with Crippen LogP contribution >= 0.6 is 0 Å². The van der Waals surface area contributed by atoms with Crippen LogP contribution in [0.2, 0.25) is 0 Å². The van der Waals surface area contributed by atoms with E-state index in [2.05, 4.69) is 15.5 Å². The van der Waals surface area contributed by atoms with Gasteiger partial charge in [0.1, 0.15) is 6.33 Å². The van der Waals surface area contributed by atoms with Crippen LogP contribution in [0.1, 0.15) is 10.4 Å². The van der Waals surface area contributed by atoms with Gasteiger partial charge in [-0.15, -0.1) is 10.2 Å². The lowest BCUT2D eigenvalue weighted by molar-refractivity contribution is 0.102. The molecule has 0 saturated carbocycles. The zero-order chi connectivity index (χ0) is 15.0. The van der Waals surface area contributed by atoms with Crippen molar-refractivity contribution < 1.29 is 18.0 Å². The third-order valence-electron chi connectivity index (χ3n) is 2.83. The van der Waals surface area contributed by atoms with Gasteiger partial charge in [0.2, 0.25) is 0 Å². The van der Waals surface area contributed by atoms with Gasteiger partial charge in [-0.1, -0.05) is 0 Å². The second-order valence-electron chi connectivity index (χ2n) is 4.19.